The van der Waals surface area contributed by atoms with Gasteiger partial charge >= 0.3 is 12.0 Å². The fourth-order valence-electron chi connectivity index (χ4n) is 1.72. The molecule has 0 saturated heterocycles. The predicted octanol–water partition coefficient (Wildman–Crippen LogP) is -0.270. The molecule has 0 spiro atoms. The molecular weight excluding hydrogens is 268 g/mol. The third-order valence-corrected chi connectivity index (χ3v) is 3.13. The van der Waals surface area contributed by atoms with Crippen molar-refractivity contribution in [3.05, 3.63) is 0 Å². The maximum atomic E-state index is 11.5. The van der Waals surface area contributed by atoms with Gasteiger partial charge in [-0.15, -0.1) is 0 Å². The van der Waals surface area contributed by atoms with E-state index in [9.17, 15) is 14.4 Å². The number of hydrogen-bond donors (Lipinski definition) is 3. The number of aliphatic carboxylic acids is 1. The Morgan fingerprint density at radius 2 is 1.95 bits per heavy atom. The fourth-order valence-corrected chi connectivity index (χ4v) is 1.72. The number of amides is 3. The SMILES string of the molecule is COCCC1(CNC(=O)NC(=O)COCC(=O)O)CC1. The Balaban J connectivity index is 2.13. The van der Waals surface area contributed by atoms with Gasteiger partial charge in [0.1, 0.15) is 13.2 Å². The number of ether oxygens (including phenoxy) is 2. The average molecular weight is 288 g/mol. The van der Waals surface area contributed by atoms with E-state index < -0.39 is 31.1 Å². The molecule has 1 aliphatic rings. The van der Waals surface area contributed by atoms with Crippen molar-refractivity contribution in [2.45, 2.75) is 19.3 Å². The molecule has 0 heterocycles. The summed E-state index contributed by atoms with van der Waals surface area (Å²) in [4.78, 5) is 32.9. The summed E-state index contributed by atoms with van der Waals surface area (Å²) in [5, 5.41) is 13.0. The minimum atomic E-state index is -1.17. The van der Waals surface area contributed by atoms with Gasteiger partial charge in [-0.05, 0) is 24.7 Å². The minimum Gasteiger partial charge on any atom is -0.480 e. The van der Waals surface area contributed by atoms with Crippen LogP contribution in [0.4, 0.5) is 4.79 Å². The summed E-state index contributed by atoms with van der Waals surface area (Å²) in [6.07, 6.45) is 2.94. The number of urea groups is 1. The van der Waals surface area contributed by atoms with Crippen LogP contribution in [0.3, 0.4) is 0 Å². The van der Waals surface area contributed by atoms with Crippen molar-refractivity contribution in [3.63, 3.8) is 0 Å². The fraction of sp³-hybridized carbons (Fsp3) is 0.750. The number of carbonyl (C=O) groups is 3. The molecule has 0 aromatic heterocycles. The second-order valence-electron chi connectivity index (χ2n) is 4.86. The zero-order chi connectivity index (χ0) is 15.0. The van der Waals surface area contributed by atoms with Crippen molar-refractivity contribution in [1.82, 2.24) is 10.6 Å². The molecule has 8 heteroatoms. The molecule has 0 aromatic carbocycles. The number of rotatable bonds is 9. The van der Waals surface area contributed by atoms with Crippen LogP contribution in [0.15, 0.2) is 0 Å². The number of hydrogen-bond acceptors (Lipinski definition) is 5. The van der Waals surface area contributed by atoms with Gasteiger partial charge in [0.25, 0.3) is 5.91 Å². The van der Waals surface area contributed by atoms with Crippen molar-refractivity contribution in [1.29, 1.82) is 0 Å². The van der Waals surface area contributed by atoms with Crippen LogP contribution in [0.25, 0.3) is 0 Å². The van der Waals surface area contributed by atoms with E-state index in [-0.39, 0.29) is 5.41 Å². The van der Waals surface area contributed by atoms with Crippen LogP contribution in [-0.4, -0.2) is 56.5 Å². The van der Waals surface area contributed by atoms with Crippen LogP contribution in [-0.2, 0) is 19.1 Å². The lowest BCUT2D eigenvalue weighted by molar-refractivity contribution is -0.143. The van der Waals surface area contributed by atoms with E-state index in [1.165, 1.54) is 0 Å². The molecule has 0 radical (unpaired) electrons. The number of imide groups is 1. The minimum absolute atomic E-state index is 0.0935. The summed E-state index contributed by atoms with van der Waals surface area (Å²) >= 11 is 0. The quantitative estimate of drug-likeness (QED) is 0.538. The van der Waals surface area contributed by atoms with E-state index in [4.69, 9.17) is 9.84 Å². The topological polar surface area (TPSA) is 114 Å². The maximum absolute atomic E-state index is 11.5. The highest BCUT2D eigenvalue weighted by molar-refractivity contribution is 5.94. The molecule has 20 heavy (non-hydrogen) atoms. The van der Waals surface area contributed by atoms with E-state index >= 15 is 0 Å². The highest BCUT2D eigenvalue weighted by Gasteiger charge is 2.42. The Hall–Kier alpha value is -1.67. The molecule has 1 rings (SSSR count). The van der Waals surface area contributed by atoms with E-state index in [0.29, 0.717) is 13.2 Å². The van der Waals surface area contributed by atoms with Crippen LogP contribution >= 0.6 is 0 Å². The predicted molar refractivity (Wildman–Crippen MR) is 68.2 cm³/mol. The zero-order valence-electron chi connectivity index (χ0n) is 11.4. The number of carboxylic acids is 1. The number of methoxy groups -OCH3 is 1. The van der Waals surface area contributed by atoms with Crippen LogP contribution in [0.5, 0.6) is 0 Å². The first-order valence-electron chi connectivity index (χ1n) is 6.34. The highest BCUT2D eigenvalue weighted by atomic mass is 16.5. The van der Waals surface area contributed by atoms with Crippen molar-refractivity contribution in [2.24, 2.45) is 5.41 Å². The molecule has 0 atom stereocenters. The summed E-state index contributed by atoms with van der Waals surface area (Å²) in [5.41, 5.74) is 0.0935. The van der Waals surface area contributed by atoms with Gasteiger partial charge in [-0.1, -0.05) is 0 Å². The summed E-state index contributed by atoms with van der Waals surface area (Å²) < 4.78 is 9.57. The maximum Gasteiger partial charge on any atom is 0.329 e. The molecule has 1 aliphatic carbocycles. The van der Waals surface area contributed by atoms with Gasteiger partial charge in [0.15, 0.2) is 0 Å². The largest absolute Gasteiger partial charge is 0.480 e. The van der Waals surface area contributed by atoms with E-state index in [1.54, 1.807) is 7.11 Å². The Morgan fingerprint density at radius 3 is 2.50 bits per heavy atom. The molecule has 8 nitrogen and oxygen atoms in total. The van der Waals surface area contributed by atoms with Gasteiger partial charge in [-0.3, -0.25) is 10.1 Å². The molecule has 114 valence electrons. The normalized spacial score (nSPS) is 15.4. The summed E-state index contributed by atoms with van der Waals surface area (Å²) in [7, 11) is 1.63. The Morgan fingerprint density at radius 1 is 1.25 bits per heavy atom. The first-order valence-corrected chi connectivity index (χ1v) is 6.34. The van der Waals surface area contributed by atoms with Gasteiger partial charge in [0.2, 0.25) is 0 Å². The van der Waals surface area contributed by atoms with Crippen molar-refractivity contribution in [2.75, 3.05) is 33.5 Å². The standard InChI is InChI=1S/C12H20N2O6/c1-19-5-4-12(2-3-12)8-13-11(18)14-9(15)6-20-7-10(16)17/h2-8H2,1H3,(H,16,17)(H2,13,14,15,18). The van der Waals surface area contributed by atoms with Crippen LogP contribution < -0.4 is 10.6 Å². The molecule has 0 aromatic rings. The highest BCUT2D eigenvalue weighted by Crippen LogP contribution is 2.48. The van der Waals surface area contributed by atoms with Gasteiger partial charge < -0.3 is 19.9 Å². The number of nitrogens with one attached hydrogen (secondary N) is 2. The van der Waals surface area contributed by atoms with Crippen LogP contribution in [0.2, 0.25) is 0 Å². The molecular formula is C12H20N2O6. The second kappa shape index (κ2) is 7.81. The number of carbonyl (C=O) groups excluding carboxylic acids is 2. The van der Waals surface area contributed by atoms with Gasteiger partial charge in [-0.25, -0.2) is 9.59 Å². The lowest BCUT2D eigenvalue weighted by Gasteiger charge is -2.15. The third-order valence-electron chi connectivity index (χ3n) is 3.13. The molecule has 0 aliphatic heterocycles. The summed E-state index contributed by atoms with van der Waals surface area (Å²) in [6, 6.07) is -0.599. The molecule has 1 saturated carbocycles. The first-order chi connectivity index (χ1) is 9.47. The second-order valence-corrected chi connectivity index (χ2v) is 4.86. The molecule has 3 amide bonds. The van der Waals surface area contributed by atoms with Gasteiger partial charge in [0.05, 0.1) is 0 Å². The first kappa shape index (κ1) is 16.4. The number of carboxylic acid groups (broad SMARTS) is 1. The van der Waals surface area contributed by atoms with Crippen molar-refractivity contribution >= 4 is 17.9 Å². The molecule has 3 N–H and O–H groups in total. The monoisotopic (exact) mass is 288 g/mol. The van der Waals surface area contributed by atoms with Crippen LogP contribution in [0, 0.1) is 5.41 Å². The molecule has 0 bridgehead atoms. The lowest BCUT2D eigenvalue weighted by Crippen LogP contribution is -2.43. The Bertz CT molecular complexity index is 367. The average Bonchev–Trinajstić information content (AvgIpc) is 3.14. The summed E-state index contributed by atoms with van der Waals surface area (Å²) in [5.74, 6) is -1.85. The molecule has 1 fully saturated rings. The van der Waals surface area contributed by atoms with Gasteiger partial charge in [0, 0.05) is 20.3 Å². The van der Waals surface area contributed by atoms with E-state index in [1.807, 2.05) is 0 Å². The van der Waals surface area contributed by atoms with Crippen molar-refractivity contribution in [3.8, 4) is 0 Å². The zero-order valence-corrected chi connectivity index (χ0v) is 11.4. The van der Waals surface area contributed by atoms with Crippen molar-refractivity contribution < 1.29 is 29.0 Å². The third kappa shape index (κ3) is 6.48. The summed E-state index contributed by atoms with van der Waals surface area (Å²) in [6.45, 7) is 0.0976. The van der Waals surface area contributed by atoms with Gasteiger partial charge in [-0.2, -0.15) is 0 Å². The lowest BCUT2D eigenvalue weighted by atomic mass is 10.0. The van der Waals surface area contributed by atoms with E-state index in [0.717, 1.165) is 19.3 Å². The molecule has 0 unspecified atom stereocenters. The van der Waals surface area contributed by atoms with Crippen LogP contribution in [0.1, 0.15) is 19.3 Å². The van der Waals surface area contributed by atoms with E-state index in [2.05, 4.69) is 15.4 Å². The Labute approximate surface area is 116 Å². The smallest absolute Gasteiger partial charge is 0.329 e. The Kier molecular flexibility index (Phi) is 6.40.